The molecule has 0 aliphatic heterocycles. The van der Waals surface area contributed by atoms with Crippen LogP contribution in [0, 0.1) is 6.92 Å². The molecule has 0 fully saturated rings. The smallest absolute Gasteiger partial charge is 0.267 e. The molecule has 0 bridgehead atoms. The van der Waals surface area contributed by atoms with Gasteiger partial charge in [0.25, 0.3) is 5.91 Å². The lowest BCUT2D eigenvalue weighted by Crippen LogP contribution is -2.20. The molecule has 0 atom stereocenters. The highest BCUT2D eigenvalue weighted by atomic mass is 16.1. The van der Waals surface area contributed by atoms with Crippen LogP contribution in [0.5, 0.6) is 0 Å². The molecule has 2 rings (SSSR count). The largest absolute Gasteiger partial charge is 0.354 e. The summed E-state index contributed by atoms with van der Waals surface area (Å²) in [5.74, 6) is -0.0481. The van der Waals surface area contributed by atoms with Crippen molar-refractivity contribution in [3.8, 4) is 0 Å². The number of aromatic nitrogens is 1. The fraction of sp³-hybridized carbons (Fsp3) is 0.250. The van der Waals surface area contributed by atoms with E-state index in [4.69, 9.17) is 0 Å². The SMILES string of the molecule is CNC(=O)c1cc2c(C)cccc2n1C. The number of amides is 1. The average Bonchev–Trinajstić information content (AvgIpc) is 2.57. The standard InChI is InChI=1S/C12H14N2O/c1-8-5-4-6-10-9(8)7-11(14(10)3)12(15)13-2/h4-7H,1-3H3,(H,13,15). The molecule has 1 aromatic heterocycles. The minimum Gasteiger partial charge on any atom is -0.354 e. The van der Waals surface area contributed by atoms with E-state index in [-0.39, 0.29) is 5.91 Å². The molecule has 0 saturated carbocycles. The van der Waals surface area contributed by atoms with Gasteiger partial charge in [-0.2, -0.15) is 0 Å². The second-order valence-corrected chi connectivity index (χ2v) is 3.68. The summed E-state index contributed by atoms with van der Waals surface area (Å²) in [5.41, 5.74) is 2.98. The quantitative estimate of drug-likeness (QED) is 0.752. The van der Waals surface area contributed by atoms with Crippen LogP contribution in [-0.4, -0.2) is 17.5 Å². The van der Waals surface area contributed by atoms with Gasteiger partial charge in [-0.25, -0.2) is 0 Å². The molecule has 3 heteroatoms. The van der Waals surface area contributed by atoms with Gasteiger partial charge in [-0.05, 0) is 24.6 Å². The molecule has 1 heterocycles. The van der Waals surface area contributed by atoms with Crippen LogP contribution in [0.25, 0.3) is 10.9 Å². The monoisotopic (exact) mass is 202 g/mol. The summed E-state index contributed by atoms with van der Waals surface area (Å²) in [5, 5.41) is 3.78. The molecule has 0 aliphatic rings. The van der Waals surface area contributed by atoms with Crippen molar-refractivity contribution in [2.45, 2.75) is 6.92 Å². The van der Waals surface area contributed by atoms with Crippen LogP contribution in [-0.2, 0) is 7.05 Å². The Morgan fingerprint density at radius 2 is 2.13 bits per heavy atom. The maximum absolute atomic E-state index is 11.6. The lowest BCUT2D eigenvalue weighted by molar-refractivity contribution is 0.0955. The van der Waals surface area contributed by atoms with Crippen molar-refractivity contribution in [3.63, 3.8) is 0 Å². The number of benzene rings is 1. The van der Waals surface area contributed by atoms with Gasteiger partial charge in [-0.1, -0.05) is 12.1 Å². The van der Waals surface area contributed by atoms with Gasteiger partial charge in [0.15, 0.2) is 0 Å². The maximum atomic E-state index is 11.6. The van der Waals surface area contributed by atoms with E-state index in [0.29, 0.717) is 5.69 Å². The zero-order valence-electron chi connectivity index (χ0n) is 9.16. The number of rotatable bonds is 1. The molecule has 0 unspecified atom stereocenters. The maximum Gasteiger partial charge on any atom is 0.267 e. The zero-order valence-corrected chi connectivity index (χ0v) is 9.16. The first-order valence-electron chi connectivity index (χ1n) is 4.92. The third-order valence-electron chi connectivity index (χ3n) is 2.76. The third-order valence-corrected chi connectivity index (χ3v) is 2.76. The van der Waals surface area contributed by atoms with E-state index < -0.39 is 0 Å². The minimum atomic E-state index is -0.0481. The van der Waals surface area contributed by atoms with E-state index in [1.807, 2.05) is 29.8 Å². The van der Waals surface area contributed by atoms with E-state index >= 15 is 0 Å². The molecule has 15 heavy (non-hydrogen) atoms. The Labute approximate surface area is 88.7 Å². The van der Waals surface area contributed by atoms with Gasteiger partial charge in [0, 0.05) is 25.0 Å². The first kappa shape index (κ1) is 9.77. The van der Waals surface area contributed by atoms with Crippen LogP contribution in [0.15, 0.2) is 24.3 Å². The number of nitrogens with one attached hydrogen (secondary N) is 1. The van der Waals surface area contributed by atoms with Crippen LogP contribution in [0.3, 0.4) is 0 Å². The van der Waals surface area contributed by atoms with Gasteiger partial charge < -0.3 is 9.88 Å². The highest BCUT2D eigenvalue weighted by molar-refractivity contribution is 5.99. The van der Waals surface area contributed by atoms with Crippen LogP contribution < -0.4 is 5.32 Å². The van der Waals surface area contributed by atoms with Gasteiger partial charge in [0.1, 0.15) is 5.69 Å². The normalized spacial score (nSPS) is 10.6. The van der Waals surface area contributed by atoms with E-state index in [9.17, 15) is 4.79 Å². The summed E-state index contributed by atoms with van der Waals surface area (Å²) in [7, 11) is 3.55. The molecule has 1 amide bonds. The highest BCUT2D eigenvalue weighted by Crippen LogP contribution is 2.21. The Bertz CT molecular complexity index is 526. The fourth-order valence-corrected chi connectivity index (χ4v) is 1.85. The Kier molecular flexibility index (Phi) is 2.23. The van der Waals surface area contributed by atoms with E-state index in [0.717, 1.165) is 10.9 Å². The van der Waals surface area contributed by atoms with Crippen molar-refractivity contribution in [2.24, 2.45) is 7.05 Å². The van der Waals surface area contributed by atoms with E-state index in [1.54, 1.807) is 7.05 Å². The molecule has 0 radical (unpaired) electrons. The summed E-state index contributed by atoms with van der Waals surface area (Å²) in [6, 6.07) is 8.01. The number of carbonyl (C=O) groups is 1. The third kappa shape index (κ3) is 1.40. The number of nitrogens with zero attached hydrogens (tertiary/aromatic N) is 1. The highest BCUT2D eigenvalue weighted by Gasteiger charge is 2.12. The Balaban J connectivity index is 2.75. The summed E-state index contributed by atoms with van der Waals surface area (Å²) in [6.07, 6.45) is 0. The predicted octanol–water partition coefficient (Wildman–Crippen LogP) is 1.85. The van der Waals surface area contributed by atoms with Crippen LogP contribution in [0.2, 0.25) is 0 Å². The Hall–Kier alpha value is -1.77. The second kappa shape index (κ2) is 3.42. The number of carbonyl (C=O) groups excluding carboxylic acids is 1. The fourth-order valence-electron chi connectivity index (χ4n) is 1.85. The number of fused-ring (bicyclic) bond motifs is 1. The Morgan fingerprint density at radius 1 is 1.40 bits per heavy atom. The van der Waals surface area contributed by atoms with Gasteiger partial charge in [0.2, 0.25) is 0 Å². The first-order valence-corrected chi connectivity index (χ1v) is 4.92. The molecule has 1 N–H and O–H groups in total. The first-order chi connectivity index (χ1) is 7.15. The van der Waals surface area contributed by atoms with Crippen LogP contribution in [0.4, 0.5) is 0 Å². The minimum absolute atomic E-state index is 0.0481. The lowest BCUT2D eigenvalue weighted by Gasteiger charge is -2.02. The van der Waals surface area contributed by atoms with Crippen LogP contribution in [0.1, 0.15) is 16.1 Å². The van der Waals surface area contributed by atoms with Crippen molar-refractivity contribution < 1.29 is 4.79 Å². The van der Waals surface area contributed by atoms with Crippen molar-refractivity contribution in [3.05, 3.63) is 35.5 Å². The summed E-state index contributed by atoms with van der Waals surface area (Å²) >= 11 is 0. The number of aryl methyl sites for hydroxylation is 2. The van der Waals surface area contributed by atoms with Gasteiger partial charge >= 0.3 is 0 Å². The molecule has 0 spiro atoms. The lowest BCUT2D eigenvalue weighted by atomic mass is 10.1. The number of hydrogen-bond acceptors (Lipinski definition) is 1. The van der Waals surface area contributed by atoms with Crippen LogP contribution >= 0.6 is 0 Å². The van der Waals surface area contributed by atoms with E-state index in [1.165, 1.54) is 5.56 Å². The van der Waals surface area contributed by atoms with Crippen molar-refractivity contribution in [2.75, 3.05) is 7.05 Å². The molecule has 0 saturated heterocycles. The molecular formula is C12H14N2O. The predicted molar refractivity (Wildman–Crippen MR) is 61.0 cm³/mol. The molecule has 0 aliphatic carbocycles. The summed E-state index contributed by atoms with van der Waals surface area (Å²) in [4.78, 5) is 11.6. The molecule has 1 aromatic carbocycles. The molecule has 2 aromatic rings. The van der Waals surface area contributed by atoms with Gasteiger partial charge in [-0.3, -0.25) is 4.79 Å². The van der Waals surface area contributed by atoms with Crippen molar-refractivity contribution in [1.29, 1.82) is 0 Å². The number of hydrogen-bond donors (Lipinski definition) is 1. The van der Waals surface area contributed by atoms with Gasteiger partial charge in [-0.15, -0.1) is 0 Å². The topological polar surface area (TPSA) is 34.0 Å². The van der Waals surface area contributed by atoms with E-state index in [2.05, 4.69) is 18.3 Å². The average molecular weight is 202 g/mol. The summed E-state index contributed by atoms with van der Waals surface area (Å²) < 4.78 is 1.92. The van der Waals surface area contributed by atoms with Crippen molar-refractivity contribution >= 4 is 16.8 Å². The Morgan fingerprint density at radius 3 is 2.73 bits per heavy atom. The van der Waals surface area contributed by atoms with Gasteiger partial charge in [0.05, 0.1) is 0 Å². The summed E-state index contributed by atoms with van der Waals surface area (Å²) in [6.45, 7) is 2.05. The zero-order chi connectivity index (χ0) is 11.0. The molecule has 3 nitrogen and oxygen atoms in total. The molecular weight excluding hydrogens is 188 g/mol. The van der Waals surface area contributed by atoms with Crippen molar-refractivity contribution in [1.82, 2.24) is 9.88 Å². The second-order valence-electron chi connectivity index (χ2n) is 3.68. The molecule has 78 valence electrons.